The zero-order valence-electron chi connectivity index (χ0n) is 19.9. The molecule has 5 rings (SSSR count). The maximum absolute atomic E-state index is 13.2. The van der Waals surface area contributed by atoms with Crippen molar-refractivity contribution >= 4 is 45.1 Å². The minimum atomic E-state index is -4.56. The van der Waals surface area contributed by atoms with Gasteiger partial charge in [0.1, 0.15) is 12.3 Å². The van der Waals surface area contributed by atoms with Gasteiger partial charge in [0.25, 0.3) is 5.56 Å². The number of fused-ring (bicyclic) bond motifs is 2. The molecular weight excluding hydrogens is 521 g/mol. The summed E-state index contributed by atoms with van der Waals surface area (Å²) >= 11 is 6.69. The van der Waals surface area contributed by atoms with Gasteiger partial charge in [-0.2, -0.15) is 13.2 Å². The number of benzene rings is 3. The second-order valence-electron chi connectivity index (χ2n) is 9.19. The summed E-state index contributed by atoms with van der Waals surface area (Å²) in [4.78, 5) is 30.8. The molecule has 1 aliphatic rings. The smallest absolute Gasteiger partial charge is 0.405 e. The summed E-state index contributed by atoms with van der Waals surface area (Å²) in [7, 11) is 0. The first kappa shape index (κ1) is 25.6. The van der Waals surface area contributed by atoms with Crippen LogP contribution in [0.2, 0.25) is 5.02 Å². The molecule has 0 spiro atoms. The van der Waals surface area contributed by atoms with Crippen molar-refractivity contribution in [2.75, 3.05) is 25.0 Å². The van der Waals surface area contributed by atoms with Gasteiger partial charge in [-0.05, 0) is 46.7 Å². The predicted octanol–water partition coefficient (Wildman–Crippen LogP) is 5.19. The zero-order valence-corrected chi connectivity index (χ0v) is 20.7. The van der Waals surface area contributed by atoms with E-state index >= 15 is 0 Å². The van der Waals surface area contributed by atoms with Crippen LogP contribution in [0.1, 0.15) is 0 Å². The molecule has 0 bridgehead atoms. The maximum atomic E-state index is 13.2. The molecule has 7 nitrogen and oxygen atoms in total. The molecule has 1 amide bonds. The molecule has 38 heavy (non-hydrogen) atoms. The van der Waals surface area contributed by atoms with Crippen LogP contribution >= 0.6 is 11.6 Å². The Morgan fingerprint density at radius 3 is 2.63 bits per heavy atom. The van der Waals surface area contributed by atoms with Crippen LogP contribution in [0, 0.1) is 5.92 Å². The lowest BCUT2D eigenvalue weighted by Crippen LogP contribution is -2.51. The van der Waals surface area contributed by atoms with Gasteiger partial charge < -0.3 is 19.9 Å². The predicted molar refractivity (Wildman–Crippen MR) is 140 cm³/mol. The molecule has 11 heteroatoms. The number of carbonyl (C=O) groups is 1. The molecule has 4 aromatic rings. The van der Waals surface area contributed by atoms with Crippen LogP contribution < -0.4 is 10.9 Å². The Hall–Kier alpha value is -4.05. The van der Waals surface area contributed by atoms with E-state index in [1.165, 1.54) is 10.6 Å². The third-order valence-corrected chi connectivity index (χ3v) is 6.82. The number of halogens is 4. The fraction of sp³-hybridized carbons (Fsp3) is 0.222. The Bertz CT molecular complexity index is 1650. The Morgan fingerprint density at radius 1 is 1.18 bits per heavy atom. The molecule has 196 valence electrons. The number of carbonyl (C=O) groups excluding carboxylic acids is 1. The van der Waals surface area contributed by atoms with E-state index in [-0.39, 0.29) is 34.7 Å². The number of aromatic nitrogens is 2. The molecule has 3 aromatic carbocycles. The molecule has 2 heterocycles. The summed E-state index contributed by atoms with van der Waals surface area (Å²) in [5.41, 5.74) is 0.979. The summed E-state index contributed by atoms with van der Waals surface area (Å²) < 4.78 is 40.2. The number of nitrogens with zero attached hydrogens (tertiary/aromatic N) is 3. The van der Waals surface area contributed by atoms with Crippen LogP contribution in [-0.4, -0.2) is 51.3 Å². The molecular formula is C27H22ClF3N4O3. The van der Waals surface area contributed by atoms with Crippen LogP contribution in [0.25, 0.3) is 32.9 Å². The van der Waals surface area contributed by atoms with E-state index in [1.54, 1.807) is 29.2 Å². The average Bonchev–Trinajstić information content (AvgIpc) is 2.84. The van der Waals surface area contributed by atoms with E-state index < -0.39 is 24.1 Å². The standard InChI is InChI=1S/C27H22ClF3N4O3/c1-2-24(37)34-11-15(12-34)13-35-23-10-21(28)20(19-8-17(36)7-16-5-3-4-6-18(16)19)9-22(23)33-25(26(35)38)32-14-27(29,30)31/h2-10,15,36H,1,11-14H2,(H,32,33). The highest BCUT2D eigenvalue weighted by atomic mass is 35.5. The van der Waals surface area contributed by atoms with E-state index in [0.717, 1.165) is 10.8 Å². The molecule has 0 atom stereocenters. The second-order valence-corrected chi connectivity index (χ2v) is 9.60. The molecule has 0 unspecified atom stereocenters. The van der Waals surface area contributed by atoms with Gasteiger partial charge in [-0.15, -0.1) is 0 Å². The van der Waals surface area contributed by atoms with Gasteiger partial charge >= 0.3 is 6.18 Å². The average molecular weight is 543 g/mol. The molecule has 0 saturated carbocycles. The quantitative estimate of drug-likeness (QED) is 0.327. The Labute approximate surface area is 219 Å². The van der Waals surface area contributed by atoms with Gasteiger partial charge in [0.05, 0.1) is 16.1 Å². The second kappa shape index (κ2) is 9.68. The number of likely N-dealkylation sites (tertiary alicyclic amines) is 1. The van der Waals surface area contributed by atoms with Crippen molar-refractivity contribution in [1.29, 1.82) is 0 Å². The first-order valence-corrected chi connectivity index (χ1v) is 12.1. The summed E-state index contributed by atoms with van der Waals surface area (Å²) in [6.07, 6.45) is -3.35. The summed E-state index contributed by atoms with van der Waals surface area (Å²) in [5, 5.41) is 14.3. The molecule has 1 aliphatic heterocycles. The summed E-state index contributed by atoms with van der Waals surface area (Å²) in [6.45, 7) is 2.96. The molecule has 1 fully saturated rings. The Morgan fingerprint density at radius 2 is 1.92 bits per heavy atom. The fourth-order valence-electron chi connectivity index (χ4n) is 4.72. The summed E-state index contributed by atoms with van der Waals surface area (Å²) in [5.74, 6) is -0.746. The van der Waals surface area contributed by atoms with Crippen LogP contribution in [-0.2, 0) is 11.3 Å². The normalized spacial score (nSPS) is 14.1. The highest BCUT2D eigenvalue weighted by Crippen LogP contribution is 2.38. The minimum absolute atomic E-state index is 0.0175. The number of phenols is 1. The number of rotatable bonds is 6. The van der Waals surface area contributed by atoms with Crippen LogP contribution in [0.15, 0.2) is 66.0 Å². The number of nitrogens with one attached hydrogen (secondary N) is 1. The lowest BCUT2D eigenvalue weighted by Gasteiger charge is -2.39. The van der Waals surface area contributed by atoms with Gasteiger partial charge in [-0.3, -0.25) is 9.59 Å². The number of hydrogen-bond acceptors (Lipinski definition) is 5. The van der Waals surface area contributed by atoms with E-state index in [4.69, 9.17) is 11.6 Å². The number of alkyl halides is 3. The van der Waals surface area contributed by atoms with Crippen molar-refractivity contribution in [2.45, 2.75) is 12.7 Å². The van der Waals surface area contributed by atoms with Gasteiger partial charge in [0, 0.05) is 31.1 Å². The third-order valence-electron chi connectivity index (χ3n) is 6.51. The van der Waals surface area contributed by atoms with E-state index in [9.17, 15) is 27.9 Å². The summed E-state index contributed by atoms with van der Waals surface area (Å²) in [6, 6.07) is 13.7. The topological polar surface area (TPSA) is 87.5 Å². The number of aromatic hydroxyl groups is 1. The van der Waals surface area contributed by atoms with E-state index in [1.807, 2.05) is 24.3 Å². The van der Waals surface area contributed by atoms with Crippen molar-refractivity contribution in [2.24, 2.45) is 5.92 Å². The van der Waals surface area contributed by atoms with Gasteiger partial charge in [0.15, 0.2) is 5.82 Å². The SMILES string of the molecule is C=CC(=O)N1CC(Cn2c(=O)c(NCC(F)(F)F)nc3cc(-c4cc(O)cc5ccccc45)c(Cl)cc32)C1. The van der Waals surface area contributed by atoms with Gasteiger partial charge in [-0.25, -0.2) is 4.98 Å². The van der Waals surface area contributed by atoms with E-state index in [0.29, 0.717) is 29.7 Å². The van der Waals surface area contributed by atoms with Gasteiger partial charge in [-0.1, -0.05) is 42.4 Å². The van der Waals surface area contributed by atoms with Crippen LogP contribution in [0.3, 0.4) is 0 Å². The Kier molecular flexibility index (Phi) is 6.52. The van der Waals surface area contributed by atoms with E-state index in [2.05, 4.69) is 16.9 Å². The van der Waals surface area contributed by atoms with Crippen molar-refractivity contribution in [3.05, 3.63) is 76.6 Å². The highest BCUT2D eigenvalue weighted by Gasteiger charge is 2.31. The molecule has 1 aromatic heterocycles. The third kappa shape index (κ3) is 4.91. The van der Waals surface area contributed by atoms with Crippen molar-refractivity contribution in [1.82, 2.24) is 14.5 Å². The fourth-order valence-corrected chi connectivity index (χ4v) is 4.98. The van der Waals surface area contributed by atoms with Crippen LogP contribution in [0.5, 0.6) is 5.75 Å². The van der Waals surface area contributed by atoms with Crippen LogP contribution in [0.4, 0.5) is 19.0 Å². The lowest BCUT2D eigenvalue weighted by atomic mass is 9.97. The number of anilines is 1. The number of hydrogen-bond donors (Lipinski definition) is 2. The molecule has 0 aliphatic carbocycles. The lowest BCUT2D eigenvalue weighted by molar-refractivity contribution is -0.132. The largest absolute Gasteiger partial charge is 0.508 e. The number of amides is 1. The first-order valence-electron chi connectivity index (χ1n) is 11.7. The zero-order chi connectivity index (χ0) is 27.2. The van der Waals surface area contributed by atoms with Crippen molar-refractivity contribution < 1.29 is 23.1 Å². The maximum Gasteiger partial charge on any atom is 0.405 e. The number of phenolic OH excluding ortho intramolecular Hbond substituents is 1. The monoisotopic (exact) mass is 542 g/mol. The van der Waals surface area contributed by atoms with Crippen molar-refractivity contribution in [3.63, 3.8) is 0 Å². The highest BCUT2D eigenvalue weighted by molar-refractivity contribution is 6.34. The first-order chi connectivity index (χ1) is 18.0. The van der Waals surface area contributed by atoms with Gasteiger partial charge in [0.2, 0.25) is 5.91 Å². The minimum Gasteiger partial charge on any atom is -0.508 e. The molecule has 0 radical (unpaired) electrons. The molecule has 2 N–H and O–H groups in total. The Balaban J connectivity index is 1.64. The molecule has 1 saturated heterocycles. The van der Waals surface area contributed by atoms with Crippen molar-refractivity contribution in [3.8, 4) is 16.9 Å².